The summed E-state index contributed by atoms with van der Waals surface area (Å²) in [6.07, 6.45) is 4.64. The average Bonchev–Trinajstić information content (AvgIpc) is 2.43. The van der Waals surface area contributed by atoms with Crippen LogP contribution in [0.4, 0.5) is 5.69 Å². The molecular formula is C14H19BrN2O2. The molecule has 1 unspecified atom stereocenters. The number of carbonyl (C=O) groups is 1. The van der Waals surface area contributed by atoms with Crippen LogP contribution in [0.25, 0.3) is 0 Å². The lowest BCUT2D eigenvalue weighted by Gasteiger charge is -2.22. The third kappa shape index (κ3) is 4.21. The summed E-state index contributed by atoms with van der Waals surface area (Å²) in [6.45, 7) is 1.49. The molecule has 0 aromatic heterocycles. The zero-order chi connectivity index (χ0) is 13.7. The summed E-state index contributed by atoms with van der Waals surface area (Å²) in [5.74, 6) is -0.0880. The van der Waals surface area contributed by atoms with Gasteiger partial charge in [-0.1, -0.05) is 0 Å². The molecule has 0 radical (unpaired) electrons. The van der Waals surface area contributed by atoms with Crippen molar-refractivity contribution in [3.8, 4) is 0 Å². The van der Waals surface area contributed by atoms with Crippen LogP contribution in [0.3, 0.4) is 0 Å². The summed E-state index contributed by atoms with van der Waals surface area (Å²) in [5.41, 5.74) is 6.92. The first-order chi connectivity index (χ1) is 9.16. The number of carbonyl (C=O) groups excluding carboxylic acids is 1. The molecule has 0 saturated carbocycles. The Balaban J connectivity index is 1.78. The Kier molecular flexibility index (Phi) is 5.22. The molecular weight excluding hydrogens is 308 g/mol. The minimum Gasteiger partial charge on any atom is -0.398 e. The third-order valence-electron chi connectivity index (χ3n) is 3.28. The first-order valence-electron chi connectivity index (χ1n) is 6.61. The van der Waals surface area contributed by atoms with E-state index in [9.17, 15) is 4.79 Å². The fourth-order valence-corrected chi connectivity index (χ4v) is 2.42. The van der Waals surface area contributed by atoms with E-state index < -0.39 is 0 Å². The third-order valence-corrected chi connectivity index (χ3v) is 4.01. The van der Waals surface area contributed by atoms with Gasteiger partial charge in [-0.25, -0.2) is 0 Å². The first kappa shape index (κ1) is 14.3. The van der Waals surface area contributed by atoms with E-state index in [1.165, 1.54) is 6.42 Å². The van der Waals surface area contributed by atoms with E-state index in [1.807, 2.05) is 0 Å². The zero-order valence-electron chi connectivity index (χ0n) is 10.8. The Morgan fingerprint density at radius 1 is 1.47 bits per heavy atom. The van der Waals surface area contributed by atoms with Crippen LogP contribution in [0.15, 0.2) is 22.7 Å². The van der Waals surface area contributed by atoms with E-state index >= 15 is 0 Å². The van der Waals surface area contributed by atoms with Crippen LogP contribution in [0.1, 0.15) is 36.0 Å². The van der Waals surface area contributed by atoms with Gasteiger partial charge in [0.05, 0.1) is 6.10 Å². The zero-order valence-corrected chi connectivity index (χ0v) is 12.4. The molecule has 1 aliphatic heterocycles. The molecule has 0 aliphatic carbocycles. The van der Waals surface area contributed by atoms with Crippen molar-refractivity contribution in [1.29, 1.82) is 0 Å². The van der Waals surface area contributed by atoms with E-state index in [0.717, 1.165) is 30.3 Å². The van der Waals surface area contributed by atoms with Crippen molar-refractivity contribution in [1.82, 2.24) is 5.32 Å². The predicted molar refractivity (Wildman–Crippen MR) is 79.1 cm³/mol. The van der Waals surface area contributed by atoms with Gasteiger partial charge in [-0.3, -0.25) is 4.79 Å². The molecule has 4 nitrogen and oxygen atoms in total. The minimum atomic E-state index is -0.0880. The molecule has 19 heavy (non-hydrogen) atoms. The Morgan fingerprint density at radius 2 is 2.32 bits per heavy atom. The number of nitrogen functional groups attached to an aromatic ring is 1. The van der Waals surface area contributed by atoms with E-state index in [1.54, 1.807) is 18.2 Å². The fraction of sp³-hybridized carbons (Fsp3) is 0.500. The Labute approximate surface area is 121 Å². The summed E-state index contributed by atoms with van der Waals surface area (Å²) >= 11 is 3.31. The number of halogens is 1. The predicted octanol–water partition coefficient (Wildman–Crippen LogP) is 2.72. The first-order valence-corrected chi connectivity index (χ1v) is 7.41. The second-order valence-electron chi connectivity index (χ2n) is 4.77. The highest BCUT2D eigenvalue weighted by Gasteiger charge is 2.14. The van der Waals surface area contributed by atoms with Crippen LogP contribution in [-0.2, 0) is 4.74 Å². The normalized spacial score (nSPS) is 19.1. The number of rotatable bonds is 4. The highest BCUT2D eigenvalue weighted by atomic mass is 79.9. The van der Waals surface area contributed by atoms with Crippen molar-refractivity contribution in [2.45, 2.75) is 31.8 Å². The van der Waals surface area contributed by atoms with Gasteiger partial charge < -0.3 is 15.8 Å². The van der Waals surface area contributed by atoms with Gasteiger partial charge in [-0.05, 0) is 59.8 Å². The van der Waals surface area contributed by atoms with Crippen LogP contribution in [0, 0.1) is 0 Å². The summed E-state index contributed by atoms with van der Waals surface area (Å²) < 4.78 is 6.43. The van der Waals surface area contributed by atoms with Crippen LogP contribution in [0.2, 0.25) is 0 Å². The van der Waals surface area contributed by atoms with Crippen LogP contribution in [-0.4, -0.2) is 25.2 Å². The molecule has 5 heteroatoms. The van der Waals surface area contributed by atoms with Crippen molar-refractivity contribution < 1.29 is 9.53 Å². The van der Waals surface area contributed by atoms with E-state index in [0.29, 0.717) is 23.9 Å². The average molecular weight is 327 g/mol. The highest BCUT2D eigenvalue weighted by Crippen LogP contribution is 2.20. The molecule has 1 aromatic rings. The van der Waals surface area contributed by atoms with Crippen LogP contribution >= 0.6 is 15.9 Å². The SMILES string of the molecule is Nc1cc(C(=O)NCCC2CCCCO2)ccc1Br. The topological polar surface area (TPSA) is 64.4 Å². The van der Waals surface area contributed by atoms with Gasteiger partial charge in [-0.15, -0.1) is 0 Å². The lowest BCUT2D eigenvalue weighted by atomic mass is 10.1. The van der Waals surface area contributed by atoms with Gasteiger partial charge in [0, 0.05) is 28.9 Å². The van der Waals surface area contributed by atoms with Gasteiger partial charge in [0.15, 0.2) is 0 Å². The number of hydrogen-bond donors (Lipinski definition) is 2. The Bertz CT molecular complexity index is 445. The minimum absolute atomic E-state index is 0.0880. The summed E-state index contributed by atoms with van der Waals surface area (Å²) in [4.78, 5) is 11.9. The highest BCUT2D eigenvalue weighted by molar-refractivity contribution is 9.10. The number of benzene rings is 1. The van der Waals surface area contributed by atoms with Crippen LogP contribution < -0.4 is 11.1 Å². The van der Waals surface area contributed by atoms with Crippen molar-refractivity contribution in [3.63, 3.8) is 0 Å². The van der Waals surface area contributed by atoms with Crippen molar-refractivity contribution in [2.24, 2.45) is 0 Å². The van der Waals surface area contributed by atoms with Gasteiger partial charge in [-0.2, -0.15) is 0 Å². The fourth-order valence-electron chi connectivity index (χ4n) is 2.17. The second kappa shape index (κ2) is 6.91. The van der Waals surface area contributed by atoms with Gasteiger partial charge in [0.1, 0.15) is 0 Å². The summed E-state index contributed by atoms with van der Waals surface area (Å²) in [5, 5.41) is 2.90. The maximum absolute atomic E-state index is 11.9. The lowest BCUT2D eigenvalue weighted by Crippen LogP contribution is -2.29. The Hall–Kier alpha value is -1.07. The molecule has 1 saturated heterocycles. The quantitative estimate of drug-likeness (QED) is 0.836. The van der Waals surface area contributed by atoms with Crippen molar-refractivity contribution in [2.75, 3.05) is 18.9 Å². The van der Waals surface area contributed by atoms with Gasteiger partial charge in [0.2, 0.25) is 0 Å². The van der Waals surface area contributed by atoms with Crippen molar-refractivity contribution in [3.05, 3.63) is 28.2 Å². The Morgan fingerprint density at radius 3 is 3.00 bits per heavy atom. The van der Waals surface area contributed by atoms with Crippen molar-refractivity contribution >= 4 is 27.5 Å². The number of nitrogens with one attached hydrogen (secondary N) is 1. The van der Waals surface area contributed by atoms with Crippen LogP contribution in [0.5, 0.6) is 0 Å². The smallest absolute Gasteiger partial charge is 0.251 e. The monoisotopic (exact) mass is 326 g/mol. The number of ether oxygens (including phenoxy) is 1. The molecule has 104 valence electrons. The second-order valence-corrected chi connectivity index (χ2v) is 5.62. The molecule has 0 spiro atoms. The summed E-state index contributed by atoms with van der Waals surface area (Å²) in [6, 6.07) is 5.22. The number of hydrogen-bond acceptors (Lipinski definition) is 3. The van der Waals surface area contributed by atoms with Gasteiger partial charge in [0.25, 0.3) is 5.91 Å². The largest absolute Gasteiger partial charge is 0.398 e. The maximum atomic E-state index is 11.9. The van der Waals surface area contributed by atoms with E-state index in [4.69, 9.17) is 10.5 Å². The molecule has 1 atom stereocenters. The number of nitrogens with two attached hydrogens (primary N) is 1. The summed E-state index contributed by atoms with van der Waals surface area (Å²) in [7, 11) is 0. The number of anilines is 1. The molecule has 1 amide bonds. The van der Waals surface area contributed by atoms with E-state index in [2.05, 4.69) is 21.2 Å². The molecule has 1 fully saturated rings. The van der Waals surface area contributed by atoms with Gasteiger partial charge >= 0.3 is 0 Å². The lowest BCUT2D eigenvalue weighted by molar-refractivity contribution is 0.0117. The van der Waals surface area contributed by atoms with E-state index in [-0.39, 0.29) is 5.91 Å². The standard InChI is InChI=1S/C14H19BrN2O2/c15-12-5-4-10(9-13(12)16)14(18)17-7-6-11-3-1-2-8-19-11/h4-5,9,11H,1-3,6-8,16H2,(H,17,18). The molecule has 1 aromatic carbocycles. The molecule has 3 N–H and O–H groups in total. The maximum Gasteiger partial charge on any atom is 0.251 e. The number of amides is 1. The molecule has 0 bridgehead atoms. The molecule has 2 rings (SSSR count). The molecule has 1 heterocycles. The molecule has 1 aliphatic rings.